The summed E-state index contributed by atoms with van der Waals surface area (Å²) < 4.78 is 20.8. The van der Waals surface area contributed by atoms with Crippen LogP contribution in [0.2, 0.25) is 0 Å². The molecule has 1 fully saturated rings. The summed E-state index contributed by atoms with van der Waals surface area (Å²) in [5, 5.41) is 7.46. The molecule has 0 radical (unpaired) electrons. The smallest absolute Gasteiger partial charge is 0.225 e. The van der Waals surface area contributed by atoms with Crippen LogP contribution in [0.1, 0.15) is 43.6 Å². The Kier molecular flexibility index (Phi) is 5.03. The van der Waals surface area contributed by atoms with Gasteiger partial charge in [0.15, 0.2) is 0 Å². The van der Waals surface area contributed by atoms with Crippen molar-refractivity contribution in [3.63, 3.8) is 0 Å². The molecule has 1 aromatic carbocycles. The second-order valence-electron chi connectivity index (χ2n) is 7.52. The maximum atomic E-state index is 13.0. The Morgan fingerprint density at radius 3 is 2.75 bits per heavy atom. The van der Waals surface area contributed by atoms with Crippen molar-refractivity contribution < 1.29 is 13.6 Å². The summed E-state index contributed by atoms with van der Waals surface area (Å²) >= 11 is 0. The number of hydrogen-bond donors (Lipinski definition) is 1. The van der Waals surface area contributed by atoms with E-state index in [-0.39, 0.29) is 11.7 Å². The average molecular weight is 381 g/mol. The number of halogens is 1. The second-order valence-corrected chi connectivity index (χ2v) is 7.52. The van der Waals surface area contributed by atoms with Crippen LogP contribution in [0.5, 0.6) is 0 Å². The lowest BCUT2D eigenvalue weighted by molar-refractivity contribution is -0.116. The van der Waals surface area contributed by atoms with Gasteiger partial charge in [-0.15, -0.1) is 0 Å². The van der Waals surface area contributed by atoms with Crippen molar-refractivity contribution >= 4 is 11.7 Å². The fourth-order valence-electron chi connectivity index (χ4n) is 3.40. The van der Waals surface area contributed by atoms with E-state index in [1.807, 2.05) is 23.7 Å². The van der Waals surface area contributed by atoms with Crippen molar-refractivity contribution in [2.45, 2.75) is 45.6 Å². The third-order valence-corrected chi connectivity index (χ3v) is 5.32. The highest BCUT2D eigenvalue weighted by Crippen LogP contribution is 2.40. The van der Waals surface area contributed by atoms with Crippen LogP contribution in [-0.2, 0) is 11.2 Å². The van der Waals surface area contributed by atoms with Crippen LogP contribution in [-0.4, -0.2) is 15.7 Å². The van der Waals surface area contributed by atoms with E-state index in [9.17, 15) is 9.18 Å². The maximum absolute atomic E-state index is 13.0. The number of nitrogens with zero attached hydrogens (tertiary/aromatic N) is 2. The molecule has 5 nitrogen and oxygen atoms in total. The number of nitrogens with one attached hydrogen (secondary N) is 1. The summed E-state index contributed by atoms with van der Waals surface area (Å²) in [5.74, 6) is 2.50. The molecule has 0 aliphatic heterocycles. The van der Waals surface area contributed by atoms with Crippen LogP contribution >= 0.6 is 0 Å². The first-order chi connectivity index (χ1) is 13.5. The van der Waals surface area contributed by atoms with Crippen molar-refractivity contribution in [1.29, 1.82) is 0 Å². The number of carbonyl (C=O) groups excluding carboxylic acids is 1. The first-order valence-corrected chi connectivity index (χ1v) is 9.70. The van der Waals surface area contributed by atoms with Crippen LogP contribution in [0.3, 0.4) is 0 Å². The molecule has 1 aliphatic rings. The van der Waals surface area contributed by atoms with Gasteiger partial charge in [0, 0.05) is 24.0 Å². The first-order valence-electron chi connectivity index (χ1n) is 9.70. The summed E-state index contributed by atoms with van der Waals surface area (Å²) in [6, 6.07) is 10.2. The van der Waals surface area contributed by atoms with E-state index in [1.165, 1.54) is 25.0 Å². The minimum atomic E-state index is -0.280. The lowest BCUT2D eigenvalue weighted by atomic mass is 10.2. The van der Waals surface area contributed by atoms with Gasteiger partial charge in [-0.25, -0.2) is 9.07 Å². The van der Waals surface area contributed by atoms with Crippen LogP contribution in [0.15, 0.2) is 47.0 Å². The van der Waals surface area contributed by atoms with Crippen molar-refractivity contribution in [3.05, 3.63) is 59.7 Å². The van der Waals surface area contributed by atoms with Crippen LogP contribution in [0, 0.1) is 18.7 Å². The normalized spacial score (nSPS) is 14.8. The Bertz CT molecular complexity index is 970. The molecule has 1 unspecified atom stereocenters. The number of aromatic nitrogens is 2. The first kappa shape index (κ1) is 18.5. The zero-order valence-corrected chi connectivity index (χ0v) is 16.1. The molecule has 1 aliphatic carbocycles. The molecule has 6 heteroatoms. The summed E-state index contributed by atoms with van der Waals surface area (Å²) in [5.41, 5.74) is 1.78. The van der Waals surface area contributed by atoms with Gasteiger partial charge in [-0.1, -0.05) is 0 Å². The van der Waals surface area contributed by atoms with Crippen LogP contribution in [0.25, 0.3) is 11.3 Å². The summed E-state index contributed by atoms with van der Waals surface area (Å²) in [4.78, 5) is 12.5. The Morgan fingerprint density at radius 1 is 1.29 bits per heavy atom. The topological polar surface area (TPSA) is 60.1 Å². The van der Waals surface area contributed by atoms with Gasteiger partial charge in [-0.2, -0.15) is 5.10 Å². The van der Waals surface area contributed by atoms with Crippen molar-refractivity contribution in [2.24, 2.45) is 5.92 Å². The largest absolute Gasteiger partial charge is 0.461 e. The lowest BCUT2D eigenvalue weighted by Gasteiger charge is -2.16. The third kappa shape index (κ3) is 4.01. The Balaban J connectivity index is 1.36. The highest BCUT2D eigenvalue weighted by atomic mass is 19.1. The third-order valence-electron chi connectivity index (χ3n) is 5.32. The molecular formula is C22H24FN3O2. The number of carbonyl (C=O) groups is 1. The molecule has 1 saturated carbocycles. The molecule has 28 heavy (non-hydrogen) atoms. The minimum absolute atomic E-state index is 0.0624. The van der Waals surface area contributed by atoms with Gasteiger partial charge >= 0.3 is 0 Å². The fourth-order valence-corrected chi connectivity index (χ4v) is 3.40. The molecule has 1 N–H and O–H groups in total. The monoisotopic (exact) mass is 381 g/mol. The van der Waals surface area contributed by atoms with Crippen molar-refractivity contribution in [3.8, 4) is 11.3 Å². The SMILES string of the molecule is Cc1cnn(C(C)C2CC2)c1NC(=O)CCc1ccc(-c2ccc(F)cc2)o1. The molecular weight excluding hydrogens is 357 g/mol. The maximum Gasteiger partial charge on any atom is 0.225 e. The number of benzene rings is 1. The number of anilines is 1. The van der Waals surface area contributed by atoms with Gasteiger partial charge in [0.25, 0.3) is 0 Å². The number of rotatable bonds is 7. The van der Waals surface area contributed by atoms with Gasteiger partial charge in [-0.3, -0.25) is 4.79 Å². The molecule has 2 aromatic heterocycles. The number of amides is 1. The average Bonchev–Trinajstić information content (AvgIpc) is 3.33. The van der Waals surface area contributed by atoms with Crippen molar-refractivity contribution in [1.82, 2.24) is 9.78 Å². The van der Waals surface area contributed by atoms with Gasteiger partial charge in [-0.05, 0) is 69.0 Å². The molecule has 0 bridgehead atoms. The molecule has 0 spiro atoms. The van der Waals surface area contributed by atoms with E-state index in [4.69, 9.17) is 4.42 Å². The molecule has 0 saturated heterocycles. The zero-order valence-electron chi connectivity index (χ0n) is 16.1. The highest BCUT2D eigenvalue weighted by molar-refractivity contribution is 5.90. The lowest BCUT2D eigenvalue weighted by Crippen LogP contribution is -2.19. The number of hydrogen-bond acceptors (Lipinski definition) is 3. The fraction of sp³-hybridized carbons (Fsp3) is 0.364. The van der Waals surface area contributed by atoms with E-state index in [1.54, 1.807) is 18.3 Å². The molecule has 4 rings (SSSR count). The molecule has 1 atom stereocenters. The minimum Gasteiger partial charge on any atom is -0.461 e. The summed E-state index contributed by atoms with van der Waals surface area (Å²) in [6.45, 7) is 4.11. The highest BCUT2D eigenvalue weighted by Gasteiger charge is 2.31. The summed E-state index contributed by atoms with van der Waals surface area (Å²) in [7, 11) is 0. The number of aryl methyl sites for hydroxylation is 2. The van der Waals surface area contributed by atoms with E-state index in [2.05, 4.69) is 17.3 Å². The van der Waals surface area contributed by atoms with E-state index in [0.717, 1.165) is 22.7 Å². The molecule has 2 heterocycles. The van der Waals surface area contributed by atoms with Crippen LogP contribution < -0.4 is 5.32 Å². The summed E-state index contributed by atoms with van der Waals surface area (Å²) in [6.07, 6.45) is 5.07. The predicted octanol–water partition coefficient (Wildman–Crippen LogP) is 5.13. The predicted molar refractivity (Wildman–Crippen MR) is 105 cm³/mol. The van der Waals surface area contributed by atoms with Crippen LogP contribution in [0.4, 0.5) is 10.2 Å². The Labute approximate surface area is 163 Å². The molecule has 3 aromatic rings. The zero-order chi connectivity index (χ0) is 19.7. The molecule has 146 valence electrons. The Morgan fingerprint density at radius 2 is 2.04 bits per heavy atom. The van der Waals surface area contributed by atoms with Gasteiger partial charge in [0.2, 0.25) is 5.91 Å². The van der Waals surface area contributed by atoms with Gasteiger partial charge in [0.1, 0.15) is 23.2 Å². The standard InChI is InChI=1S/C22H24FN3O2/c1-14-13-24-26(15(2)16-3-4-16)22(14)25-21(27)12-10-19-9-11-20(28-19)17-5-7-18(23)8-6-17/h5-9,11,13,15-16H,3-4,10,12H2,1-2H3,(H,25,27). The quantitative estimate of drug-likeness (QED) is 0.617. The Hall–Kier alpha value is -2.89. The van der Waals surface area contributed by atoms with Crippen molar-refractivity contribution in [2.75, 3.05) is 5.32 Å². The van der Waals surface area contributed by atoms with Gasteiger partial charge < -0.3 is 9.73 Å². The van der Waals surface area contributed by atoms with E-state index in [0.29, 0.717) is 30.6 Å². The van der Waals surface area contributed by atoms with E-state index >= 15 is 0 Å². The van der Waals surface area contributed by atoms with E-state index < -0.39 is 0 Å². The molecule has 1 amide bonds. The number of furan rings is 1. The second kappa shape index (κ2) is 7.62. The van der Waals surface area contributed by atoms with Gasteiger partial charge in [0.05, 0.1) is 12.2 Å².